The van der Waals surface area contributed by atoms with E-state index in [2.05, 4.69) is 25.2 Å². The molecule has 4 atom stereocenters. The number of anilines is 1. The van der Waals surface area contributed by atoms with Crippen LogP contribution < -0.4 is 5.32 Å². The molecular weight excluding hydrogens is 726 g/mol. The van der Waals surface area contributed by atoms with Gasteiger partial charge < -0.3 is 20.4 Å². The SMILES string of the molecule is CC1=CCCC2(C)C(CCC2(O)CN(CC23CC4CC(CC(C4)C2)C3)C(=O)Nc2ccccc2)c2ccc(cc2C(=O)c2cccc(C(F)(F)F)c2)CC(O)CC1. The Morgan fingerprint density at radius 3 is 2.26 bits per heavy atom. The number of fused-ring (bicyclic) bond motifs is 8. The minimum atomic E-state index is -4.61. The molecule has 5 fully saturated rings. The molecule has 0 heterocycles. The molecule has 2 amide bonds. The fourth-order valence-electron chi connectivity index (χ4n) is 12.3. The lowest BCUT2D eigenvalue weighted by atomic mass is 9.49. The monoisotopic (exact) mass is 782 g/mol. The zero-order valence-corrected chi connectivity index (χ0v) is 33.3. The largest absolute Gasteiger partial charge is 0.416 e. The lowest BCUT2D eigenvalue weighted by Gasteiger charge is -2.58. The number of allylic oxidation sites excluding steroid dienone is 2. The molecule has 3 N–H and O–H groups in total. The molecule has 0 spiro atoms. The number of hydrogen-bond donors (Lipinski definition) is 3. The van der Waals surface area contributed by atoms with E-state index >= 15 is 0 Å². The van der Waals surface area contributed by atoms with E-state index in [0.29, 0.717) is 86.1 Å². The summed E-state index contributed by atoms with van der Waals surface area (Å²) in [5.74, 6) is 1.23. The summed E-state index contributed by atoms with van der Waals surface area (Å²) in [5.41, 5.74) is 0.499. The molecule has 0 saturated heterocycles. The van der Waals surface area contributed by atoms with Gasteiger partial charge in [0.25, 0.3) is 0 Å². The molecule has 3 aromatic rings. The van der Waals surface area contributed by atoms with E-state index in [-0.39, 0.29) is 29.5 Å². The van der Waals surface area contributed by atoms with Crippen molar-refractivity contribution in [2.75, 3.05) is 18.4 Å². The van der Waals surface area contributed by atoms with Crippen LogP contribution in [0.25, 0.3) is 0 Å². The van der Waals surface area contributed by atoms with Crippen LogP contribution in [0.5, 0.6) is 0 Å². The second-order valence-corrected chi connectivity index (χ2v) is 18.9. The van der Waals surface area contributed by atoms with Crippen molar-refractivity contribution >= 4 is 17.5 Å². The molecule has 7 aliphatic carbocycles. The average Bonchev–Trinajstić information content (AvgIpc) is 3.41. The quantitative estimate of drug-likeness (QED) is 0.164. The first-order valence-electron chi connectivity index (χ1n) is 21.1. The van der Waals surface area contributed by atoms with E-state index in [1.165, 1.54) is 31.4 Å². The number of halogens is 3. The molecule has 4 unspecified atom stereocenters. The van der Waals surface area contributed by atoms with Gasteiger partial charge in [0.05, 0.1) is 23.8 Å². The van der Waals surface area contributed by atoms with Gasteiger partial charge in [-0.2, -0.15) is 13.2 Å². The molecule has 0 aromatic heterocycles. The van der Waals surface area contributed by atoms with Gasteiger partial charge in [0.1, 0.15) is 0 Å². The Morgan fingerprint density at radius 2 is 1.58 bits per heavy atom. The smallest absolute Gasteiger partial charge is 0.393 e. The Balaban J connectivity index is 1.19. The van der Waals surface area contributed by atoms with Gasteiger partial charge in [-0.15, -0.1) is 0 Å². The summed E-state index contributed by atoms with van der Waals surface area (Å²) in [6.45, 7) is 4.87. The predicted molar refractivity (Wildman–Crippen MR) is 216 cm³/mol. The first-order valence-corrected chi connectivity index (χ1v) is 21.1. The molecule has 9 heteroatoms. The Hall–Kier alpha value is -3.95. The Bertz CT molecular complexity index is 1980. The van der Waals surface area contributed by atoms with Crippen LogP contribution in [0.2, 0.25) is 0 Å². The van der Waals surface area contributed by atoms with Crippen LogP contribution in [0, 0.1) is 28.6 Å². The summed E-state index contributed by atoms with van der Waals surface area (Å²) < 4.78 is 41.6. The normalized spacial score (nSPS) is 32.3. The zero-order valence-electron chi connectivity index (χ0n) is 33.3. The maximum Gasteiger partial charge on any atom is 0.416 e. The second kappa shape index (κ2) is 15.3. The van der Waals surface area contributed by atoms with Gasteiger partial charge in [-0.05, 0) is 161 Å². The van der Waals surface area contributed by atoms with E-state index in [1.807, 2.05) is 47.4 Å². The number of alkyl halides is 3. The number of aliphatic hydroxyl groups is 2. The summed E-state index contributed by atoms with van der Waals surface area (Å²) in [6, 6.07) is 19.4. The molecule has 3 aromatic carbocycles. The zero-order chi connectivity index (χ0) is 40.2. The molecule has 5 saturated carbocycles. The highest BCUT2D eigenvalue weighted by molar-refractivity contribution is 6.10. The van der Waals surface area contributed by atoms with Crippen molar-refractivity contribution < 1.29 is 33.0 Å². The summed E-state index contributed by atoms with van der Waals surface area (Å²) in [4.78, 5) is 30.9. The summed E-state index contributed by atoms with van der Waals surface area (Å²) in [5, 5.41) is 27.4. The molecule has 10 rings (SSSR count). The van der Waals surface area contributed by atoms with Crippen LogP contribution >= 0.6 is 0 Å². The number of aliphatic hydroxyl groups excluding tert-OH is 1. The van der Waals surface area contributed by atoms with Crippen molar-refractivity contribution in [1.29, 1.82) is 0 Å². The highest BCUT2D eigenvalue weighted by Gasteiger charge is 2.59. The van der Waals surface area contributed by atoms with E-state index in [4.69, 9.17) is 0 Å². The van der Waals surface area contributed by atoms with E-state index in [1.54, 1.807) is 6.07 Å². The third-order valence-corrected chi connectivity index (χ3v) is 14.8. The van der Waals surface area contributed by atoms with Crippen molar-refractivity contribution in [3.63, 3.8) is 0 Å². The highest BCUT2D eigenvalue weighted by Crippen LogP contribution is 2.62. The van der Waals surface area contributed by atoms with Gasteiger partial charge in [-0.1, -0.05) is 61.0 Å². The molecule has 0 aliphatic heterocycles. The lowest BCUT2D eigenvalue weighted by Crippen LogP contribution is -2.58. The molecule has 6 nitrogen and oxygen atoms in total. The van der Waals surface area contributed by atoms with Gasteiger partial charge in [0.2, 0.25) is 0 Å². The van der Waals surface area contributed by atoms with Crippen LogP contribution in [-0.4, -0.2) is 51.7 Å². The number of carbonyl (C=O) groups excluding carboxylic acids is 2. The number of benzene rings is 3. The fraction of sp³-hybridized carbons (Fsp3) is 0.542. The first-order chi connectivity index (χ1) is 27.1. The summed E-state index contributed by atoms with van der Waals surface area (Å²) >= 11 is 0. The summed E-state index contributed by atoms with van der Waals surface area (Å²) in [7, 11) is 0. The van der Waals surface area contributed by atoms with E-state index in [9.17, 15) is 33.0 Å². The second-order valence-electron chi connectivity index (χ2n) is 18.9. The molecule has 304 valence electrons. The number of para-hydroxylation sites is 1. The highest BCUT2D eigenvalue weighted by atomic mass is 19.4. The van der Waals surface area contributed by atoms with Crippen molar-refractivity contribution in [3.8, 4) is 0 Å². The van der Waals surface area contributed by atoms with Gasteiger partial charge in [0, 0.05) is 28.8 Å². The summed E-state index contributed by atoms with van der Waals surface area (Å²) in [6.07, 6.45) is 7.77. The van der Waals surface area contributed by atoms with Gasteiger partial charge in [0.15, 0.2) is 5.78 Å². The minimum Gasteiger partial charge on any atom is -0.393 e. The molecule has 6 bridgehead atoms. The van der Waals surface area contributed by atoms with Gasteiger partial charge in [-0.3, -0.25) is 4.79 Å². The van der Waals surface area contributed by atoms with E-state index in [0.717, 1.165) is 42.5 Å². The number of nitrogens with zero attached hydrogens (tertiary/aromatic N) is 1. The van der Waals surface area contributed by atoms with Crippen LogP contribution in [0.4, 0.5) is 23.7 Å². The van der Waals surface area contributed by atoms with Crippen molar-refractivity contribution in [2.24, 2.45) is 28.6 Å². The fourth-order valence-corrected chi connectivity index (χ4v) is 12.3. The number of rotatable bonds is 7. The van der Waals surface area contributed by atoms with Crippen LogP contribution in [0.15, 0.2) is 84.4 Å². The van der Waals surface area contributed by atoms with Crippen LogP contribution in [0.1, 0.15) is 129 Å². The minimum absolute atomic E-state index is 0.0199. The van der Waals surface area contributed by atoms with Crippen molar-refractivity contribution in [2.45, 2.75) is 121 Å². The third-order valence-electron chi connectivity index (χ3n) is 14.8. The lowest BCUT2D eigenvalue weighted by molar-refractivity contribution is -0.137. The first kappa shape index (κ1) is 39.9. The van der Waals surface area contributed by atoms with Gasteiger partial charge in [-0.25, -0.2) is 4.79 Å². The number of ketones is 1. The molecule has 0 radical (unpaired) electrons. The average molecular weight is 783 g/mol. The molecule has 7 aliphatic rings. The van der Waals surface area contributed by atoms with Crippen molar-refractivity contribution in [1.82, 2.24) is 4.90 Å². The molecular formula is C48H57F3N2O4. The standard InChI is InChI=1S/C48H57F3N2O4/c1-31-8-7-18-45(2)42(40-16-14-32(23-39(54)15-13-31)24-41(40)43(55)36-9-6-10-37(25-36)48(49,50)51)17-19-47(45,57)30-53(44(56)52-38-11-4-3-5-12-38)29-46-26-33-20-34(27-46)22-35(21-33)28-46/h3-6,8-12,14,16,24-25,33-35,39,42,54,57H,7,13,15,17-23,26-30H2,1-2H3,(H,52,56). The number of carbonyl (C=O) groups is 2. The van der Waals surface area contributed by atoms with E-state index < -0.39 is 34.6 Å². The van der Waals surface area contributed by atoms with Crippen LogP contribution in [0.3, 0.4) is 0 Å². The number of urea groups is 1. The number of nitrogens with one attached hydrogen (secondary N) is 1. The number of amides is 2. The maximum atomic E-state index is 14.5. The topological polar surface area (TPSA) is 89.9 Å². The molecule has 57 heavy (non-hydrogen) atoms. The Kier molecular flexibility index (Phi) is 10.7. The Labute approximate surface area is 334 Å². The Morgan fingerprint density at radius 1 is 0.877 bits per heavy atom. The predicted octanol–water partition coefficient (Wildman–Crippen LogP) is 10.7. The van der Waals surface area contributed by atoms with Gasteiger partial charge >= 0.3 is 12.2 Å². The number of hydrogen-bond acceptors (Lipinski definition) is 4. The van der Waals surface area contributed by atoms with Crippen LogP contribution in [-0.2, 0) is 12.6 Å². The third kappa shape index (κ3) is 8.08. The van der Waals surface area contributed by atoms with Crippen molar-refractivity contribution in [3.05, 3.63) is 112 Å². The maximum absolute atomic E-state index is 14.5.